The molecule has 70 valence electrons. The van der Waals surface area contributed by atoms with Crippen LogP contribution in [0.4, 0.5) is 5.69 Å². The second kappa shape index (κ2) is 3.02. The topological polar surface area (TPSA) is 102 Å². The van der Waals surface area contributed by atoms with Gasteiger partial charge in [-0.15, -0.1) is 0 Å². The van der Waals surface area contributed by atoms with Crippen LogP contribution in [-0.2, 0) is 10.3 Å². The van der Waals surface area contributed by atoms with Gasteiger partial charge < -0.3 is 16.6 Å². The van der Waals surface area contributed by atoms with E-state index in [2.05, 4.69) is 4.98 Å². The minimum Gasteiger partial charge on any atom is -0.480 e. The lowest BCUT2D eigenvalue weighted by Crippen LogP contribution is -2.42. The van der Waals surface area contributed by atoms with Gasteiger partial charge in [-0.2, -0.15) is 0 Å². The van der Waals surface area contributed by atoms with Crippen molar-refractivity contribution in [3.8, 4) is 0 Å². The van der Waals surface area contributed by atoms with E-state index in [1.54, 1.807) is 0 Å². The van der Waals surface area contributed by atoms with Gasteiger partial charge in [0.15, 0.2) is 0 Å². The summed E-state index contributed by atoms with van der Waals surface area (Å²) in [7, 11) is 0. The molecule has 13 heavy (non-hydrogen) atoms. The number of aromatic nitrogens is 1. The summed E-state index contributed by atoms with van der Waals surface area (Å²) < 4.78 is 0. The Morgan fingerprint density at radius 1 is 1.69 bits per heavy atom. The highest BCUT2D eigenvalue weighted by molar-refractivity contribution is 5.82. The number of pyridine rings is 1. The number of carboxylic acid groups (broad SMARTS) is 1. The standard InChI is InChI=1S/C8H11N3O2/c1-8(10,7(12)13)5-2-3-11-4-6(5)9/h2-4H,9-10H2,1H3,(H,12,13). The summed E-state index contributed by atoms with van der Waals surface area (Å²) in [6.07, 6.45) is 2.84. The number of carboxylic acids is 1. The molecule has 0 aliphatic heterocycles. The molecule has 0 aliphatic rings. The normalized spacial score (nSPS) is 14.9. The molecule has 0 spiro atoms. The van der Waals surface area contributed by atoms with Gasteiger partial charge in [0.25, 0.3) is 0 Å². The maximum atomic E-state index is 10.8. The minimum absolute atomic E-state index is 0.287. The van der Waals surface area contributed by atoms with E-state index in [0.717, 1.165) is 0 Å². The van der Waals surface area contributed by atoms with Crippen molar-refractivity contribution in [2.45, 2.75) is 12.5 Å². The Labute approximate surface area is 75.4 Å². The van der Waals surface area contributed by atoms with E-state index in [4.69, 9.17) is 16.6 Å². The summed E-state index contributed by atoms with van der Waals surface area (Å²) in [6, 6.07) is 1.50. The van der Waals surface area contributed by atoms with Crippen LogP contribution in [-0.4, -0.2) is 16.1 Å². The lowest BCUT2D eigenvalue weighted by molar-refractivity contribution is -0.143. The van der Waals surface area contributed by atoms with Crippen molar-refractivity contribution in [3.05, 3.63) is 24.0 Å². The lowest BCUT2D eigenvalue weighted by atomic mass is 9.93. The zero-order chi connectivity index (χ0) is 10.1. The summed E-state index contributed by atoms with van der Waals surface area (Å²) in [6.45, 7) is 1.39. The summed E-state index contributed by atoms with van der Waals surface area (Å²) >= 11 is 0. The minimum atomic E-state index is -1.47. The molecule has 1 rings (SSSR count). The molecule has 5 N–H and O–H groups in total. The van der Waals surface area contributed by atoms with E-state index in [1.807, 2.05) is 0 Å². The Morgan fingerprint density at radius 3 is 2.77 bits per heavy atom. The van der Waals surface area contributed by atoms with Crippen molar-refractivity contribution in [1.29, 1.82) is 0 Å². The molecule has 0 aliphatic carbocycles. The molecule has 1 aromatic rings. The van der Waals surface area contributed by atoms with Crippen LogP contribution in [0, 0.1) is 0 Å². The predicted octanol–water partition coefficient (Wildman–Crippen LogP) is -0.0777. The number of rotatable bonds is 2. The number of carbonyl (C=O) groups is 1. The average molecular weight is 181 g/mol. The first-order valence-corrected chi connectivity index (χ1v) is 3.68. The molecule has 0 fully saturated rings. The first-order chi connectivity index (χ1) is 5.96. The molecule has 0 saturated heterocycles. The van der Waals surface area contributed by atoms with Gasteiger partial charge in [0.05, 0.1) is 11.9 Å². The molecule has 5 heteroatoms. The zero-order valence-corrected chi connectivity index (χ0v) is 7.19. The lowest BCUT2D eigenvalue weighted by Gasteiger charge is -2.20. The summed E-state index contributed by atoms with van der Waals surface area (Å²) in [5.74, 6) is -1.12. The monoisotopic (exact) mass is 181 g/mol. The SMILES string of the molecule is CC(N)(C(=O)O)c1ccncc1N. The number of nitrogens with two attached hydrogens (primary N) is 2. The molecule has 0 aromatic carbocycles. The molecular weight excluding hydrogens is 170 g/mol. The van der Waals surface area contributed by atoms with E-state index >= 15 is 0 Å². The molecular formula is C8H11N3O2. The van der Waals surface area contributed by atoms with E-state index in [1.165, 1.54) is 25.4 Å². The maximum Gasteiger partial charge on any atom is 0.328 e. The highest BCUT2D eigenvalue weighted by atomic mass is 16.4. The Bertz CT molecular complexity index is 336. The van der Waals surface area contributed by atoms with Crippen LogP contribution in [0.15, 0.2) is 18.5 Å². The molecule has 0 radical (unpaired) electrons. The largest absolute Gasteiger partial charge is 0.480 e. The van der Waals surface area contributed by atoms with E-state index in [-0.39, 0.29) is 5.69 Å². The van der Waals surface area contributed by atoms with Crippen LogP contribution in [0.5, 0.6) is 0 Å². The van der Waals surface area contributed by atoms with Gasteiger partial charge in [0.2, 0.25) is 0 Å². The van der Waals surface area contributed by atoms with Crippen LogP contribution in [0.1, 0.15) is 12.5 Å². The second-order valence-corrected chi connectivity index (χ2v) is 2.97. The number of hydrogen-bond acceptors (Lipinski definition) is 4. The van der Waals surface area contributed by atoms with Crippen molar-refractivity contribution in [1.82, 2.24) is 4.98 Å². The zero-order valence-electron chi connectivity index (χ0n) is 7.19. The molecule has 1 unspecified atom stereocenters. The highest BCUT2D eigenvalue weighted by Gasteiger charge is 2.31. The van der Waals surface area contributed by atoms with Gasteiger partial charge in [-0.3, -0.25) is 4.98 Å². The molecule has 0 bridgehead atoms. The van der Waals surface area contributed by atoms with E-state index < -0.39 is 11.5 Å². The number of aliphatic carboxylic acids is 1. The Kier molecular flexibility index (Phi) is 2.20. The van der Waals surface area contributed by atoms with Crippen LogP contribution in [0.25, 0.3) is 0 Å². The molecule has 5 nitrogen and oxygen atoms in total. The van der Waals surface area contributed by atoms with Gasteiger partial charge in [-0.1, -0.05) is 0 Å². The third kappa shape index (κ3) is 1.59. The summed E-state index contributed by atoms with van der Waals surface area (Å²) in [5.41, 5.74) is 10.3. The molecule has 0 amide bonds. The first-order valence-electron chi connectivity index (χ1n) is 3.68. The number of nitrogens with zero attached hydrogens (tertiary/aromatic N) is 1. The fraction of sp³-hybridized carbons (Fsp3) is 0.250. The maximum absolute atomic E-state index is 10.8. The first kappa shape index (κ1) is 9.47. The van der Waals surface area contributed by atoms with E-state index in [0.29, 0.717) is 5.56 Å². The second-order valence-electron chi connectivity index (χ2n) is 2.97. The highest BCUT2D eigenvalue weighted by Crippen LogP contribution is 2.22. The smallest absolute Gasteiger partial charge is 0.328 e. The Balaban J connectivity index is 3.22. The fourth-order valence-corrected chi connectivity index (χ4v) is 0.995. The van der Waals surface area contributed by atoms with Gasteiger partial charge in [0, 0.05) is 11.8 Å². The molecule has 1 aromatic heterocycles. The molecule has 1 heterocycles. The van der Waals surface area contributed by atoms with Gasteiger partial charge in [-0.05, 0) is 13.0 Å². The predicted molar refractivity (Wildman–Crippen MR) is 47.8 cm³/mol. The van der Waals surface area contributed by atoms with Crippen molar-refractivity contribution in [2.75, 3.05) is 5.73 Å². The van der Waals surface area contributed by atoms with Crippen molar-refractivity contribution in [2.24, 2.45) is 5.73 Å². The van der Waals surface area contributed by atoms with Crippen LogP contribution >= 0.6 is 0 Å². The quantitative estimate of drug-likeness (QED) is 0.592. The van der Waals surface area contributed by atoms with Crippen molar-refractivity contribution >= 4 is 11.7 Å². The Hall–Kier alpha value is -1.62. The fourth-order valence-electron chi connectivity index (χ4n) is 0.995. The number of nitrogen functional groups attached to an aromatic ring is 1. The number of anilines is 1. The van der Waals surface area contributed by atoms with Crippen LogP contribution < -0.4 is 11.5 Å². The third-order valence-corrected chi connectivity index (χ3v) is 1.86. The van der Waals surface area contributed by atoms with Crippen molar-refractivity contribution in [3.63, 3.8) is 0 Å². The molecule has 0 saturated carbocycles. The van der Waals surface area contributed by atoms with E-state index in [9.17, 15) is 4.79 Å². The summed E-state index contributed by atoms with van der Waals surface area (Å²) in [5, 5.41) is 8.82. The average Bonchev–Trinajstić information content (AvgIpc) is 2.04. The van der Waals surface area contributed by atoms with Gasteiger partial charge >= 0.3 is 5.97 Å². The number of hydrogen-bond donors (Lipinski definition) is 3. The van der Waals surface area contributed by atoms with Crippen LogP contribution in [0.2, 0.25) is 0 Å². The summed E-state index contributed by atoms with van der Waals surface area (Å²) in [4.78, 5) is 14.5. The van der Waals surface area contributed by atoms with Gasteiger partial charge in [-0.25, -0.2) is 4.79 Å². The van der Waals surface area contributed by atoms with Crippen molar-refractivity contribution < 1.29 is 9.90 Å². The Morgan fingerprint density at radius 2 is 2.31 bits per heavy atom. The van der Waals surface area contributed by atoms with Crippen LogP contribution in [0.3, 0.4) is 0 Å². The third-order valence-electron chi connectivity index (χ3n) is 1.86. The molecule has 1 atom stereocenters. The van der Waals surface area contributed by atoms with Gasteiger partial charge in [0.1, 0.15) is 5.54 Å².